The third-order valence-electron chi connectivity index (χ3n) is 3.79. The lowest BCUT2D eigenvalue weighted by Gasteiger charge is -2.08. The molecule has 0 radical (unpaired) electrons. The highest BCUT2D eigenvalue weighted by Gasteiger charge is 2.06. The van der Waals surface area contributed by atoms with Crippen LogP contribution in [-0.2, 0) is 11.2 Å². The third-order valence-corrected chi connectivity index (χ3v) is 3.79. The number of benzene rings is 1. The van der Waals surface area contributed by atoms with E-state index in [2.05, 4.69) is 35.0 Å². The Kier molecular flexibility index (Phi) is 11.4. The Balaban J connectivity index is 1.96. The number of carbonyl (C=O) groups excluding carboxylic acids is 2. The molecule has 134 valence electrons. The van der Waals surface area contributed by atoms with Gasteiger partial charge in [-0.3, -0.25) is 10.1 Å². The molecule has 24 heavy (non-hydrogen) atoms. The van der Waals surface area contributed by atoms with Gasteiger partial charge in [-0.1, -0.05) is 69.4 Å². The van der Waals surface area contributed by atoms with Crippen molar-refractivity contribution in [3.05, 3.63) is 35.9 Å². The number of urea groups is 1. The zero-order valence-corrected chi connectivity index (χ0v) is 14.8. The van der Waals surface area contributed by atoms with Crippen LogP contribution in [0.4, 0.5) is 4.79 Å². The lowest BCUT2D eigenvalue weighted by atomic mass is 10.1. The van der Waals surface area contributed by atoms with Gasteiger partial charge in [0.1, 0.15) is 0 Å². The van der Waals surface area contributed by atoms with E-state index in [4.69, 9.17) is 0 Å². The molecule has 0 unspecified atom stereocenters. The quantitative estimate of drug-likeness (QED) is 0.515. The summed E-state index contributed by atoms with van der Waals surface area (Å²) in [6, 6.07) is 9.67. The molecule has 0 aliphatic heterocycles. The summed E-state index contributed by atoms with van der Waals surface area (Å²) in [6.07, 6.45) is 7.92. The molecule has 5 heteroatoms. The maximum Gasteiger partial charge on any atom is 0.321 e. The standard InChI is InChI=1S/C19H31N3O2/c1-2-3-4-5-6-10-14-21-19(24)22-18(23)16-20-15-13-17-11-8-7-9-12-17/h7-9,11-12,20H,2-6,10,13-16H2,1H3,(H2,21,22,23,24). The molecule has 0 spiro atoms. The zero-order chi connectivity index (χ0) is 17.5. The lowest BCUT2D eigenvalue weighted by Crippen LogP contribution is -2.43. The van der Waals surface area contributed by atoms with Crippen molar-refractivity contribution < 1.29 is 9.59 Å². The second kappa shape index (κ2) is 13.5. The van der Waals surface area contributed by atoms with Crippen LogP contribution in [0.3, 0.4) is 0 Å². The highest BCUT2D eigenvalue weighted by molar-refractivity contribution is 5.95. The van der Waals surface area contributed by atoms with Gasteiger partial charge in [-0.25, -0.2) is 4.79 Å². The number of rotatable bonds is 12. The normalized spacial score (nSPS) is 10.4. The first kappa shape index (κ1) is 20.2. The van der Waals surface area contributed by atoms with Gasteiger partial charge in [-0.2, -0.15) is 0 Å². The smallest absolute Gasteiger partial charge is 0.321 e. The molecule has 3 N–H and O–H groups in total. The maximum atomic E-state index is 11.6. The van der Waals surface area contributed by atoms with Gasteiger partial charge in [0.05, 0.1) is 6.54 Å². The van der Waals surface area contributed by atoms with Gasteiger partial charge in [0.2, 0.25) is 5.91 Å². The Hall–Kier alpha value is -1.88. The molecule has 0 bridgehead atoms. The summed E-state index contributed by atoms with van der Waals surface area (Å²) in [5.74, 6) is -0.302. The summed E-state index contributed by atoms with van der Waals surface area (Å²) in [6.45, 7) is 3.67. The number of unbranched alkanes of at least 4 members (excludes halogenated alkanes) is 5. The van der Waals surface area contributed by atoms with Crippen LogP contribution in [0.5, 0.6) is 0 Å². The molecule has 5 nitrogen and oxygen atoms in total. The summed E-state index contributed by atoms with van der Waals surface area (Å²) in [7, 11) is 0. The molecule has 0 aromatic heterocycles. The molecule has 1 aromatic carbocycles. The van der Waals surface area contributed by atoms with Crippen LogP contribution in [0.1, 0.15) is 51.0 Å². The summed E-state index contributed by atoms with van der Waals surface area (Å²) < 4.78 is 0. The van der Waals surface area contributed by atoms with E-state index in [0.29, 0.717) is 13.1 Å². The minimum Gasteiger partial charge on any atom is -0.338 e. The van der Waals surface area contributed by atoms with E-state index >= 15 is 0 Å². The number of hydrogen-bond donors (Lipinski definition) is 3. The zero-order valence-electron chi connectivity index (χ0n) is 14.8. The minimum absolute atomic E-state index is 0.150. The Bertz CT molecular complexity index is 463. The summed E-state index contributed by atoms with van der Waals surface area (Å²) >= 11 is 0. The fourth-order valence-corrected chi connectivity index (χ4v) is 2.40. The van der Waals surface area contributed by atoms with Crippen molar-refractivity contribution in [3.8, 4) is 0 Å². The largest absolute Gasteiger partial charge is 0.338 e. The van der Waals surface area contributed by atoms with E-state index in [1.54, 1.807) is 0 Å². The molecular formula is C19H31N3O2. The average Bonchev–Trinajstić information content (AvgIpc) is 2.59. The topological polar surface area (TPSA) is 70.2 Å². The summed E-state index contributed by atoms with van der Waals surface area (Å²) in [5.41, 5.74) is 1.22. The maximum absolute atomic E-state index is 11.6. The van der Waals surface area contributed by atoms with Gasteiger partial charge in [0, 0.05) is 6.54 Å². The van der Waals surface area contributed by atoms with Gasteiger partial charge >= 0.3 is 6.03 Å². The summed E-state index contributed by atoms with van der Waals surface area (Å²) in [4.78, 5) is 23.2. The van der Waals surface area contributed by atoms with E-state index in [1.807, 2.05) is 18.2 Å². The molecule has 0 aliphatic rings. The van der Waals surface area contributed by atoms with Crippen molar-refractivity contribution >= 4 is 11.9 Å². The molecular weight excluding hydrogens is 302 g/mol. The van der Waals surface area contributed by atoms with Crippen molar-refractivity contribution in [3.63, 3.8) is 0 Å². The van der Waals surface area contributed by atoms with Gasteiger partial charge in [0.15, 0.2) is 0 Å². The Morgan fingerprint density at radius 2 is 1.62 bits per heavy atom. The van der Waals surface area contributed by atoms with Crippen molar-refractivity contribution in [1.82, 2.24) is 16.0 Å². The van der Waals surface area contributed by atoms with Gasteiger partial charge in [0.25, 0.3) is 0 Å². The van der Waals surface area contributed by atoms with E-state index in [0.717, 1.165) is 19.3 Å². The number of imide groups is 1. The van der Waals surface area contributed by atoms with Crippen LogP contribution in [0.15, 0.2) is 30.3 Å². The van der Waals surface area contributed by atoms with Crippen molar-refractivity contribution in [2.24, 2.45) is 0 Å². The number of nitrogens with one attached hydrogen (secondary N) is 3. The molecule has 0 fully saturated rings. The van der Waals surface area contributed by atoms with Gasteiger partial charge in [-0.05, 0) is 24.9 Å². The predicted octanol–water partition coefficient (Wildman–Crippen LogP) is 3.01. The first-order valence-corrected chi connectivity index (χ1v) is 9.04. The fourth-order valence-electron chi connectivity index (χ4n) is 2.40. The van der Waals surface area contributed by atoms with E-state index < -0.39 is 6.03 Å². The van der Waals surface area contributed by atoms with Crippen molar-refractivity contribution in [1.29, 1.82) is 0 Å². The van der Waals surface area contributed by atoms with Crippen LogP contribution in [0.25, 0.3) is 0 Å². The minimum atomic E-state index is -0.404. The van der Waals surface area contributed by atoms with Crippen LogP contribution in [-0.4, -0.2) is 31.6 Å². The predicted molar refractivity (Wildman–Crippen MR) is 97.9 cm³/mol. The Morgan fingerprint density at radius 3 is 2.38 bits per heavy atom. The highest BCUT2D eigenvalue weighted by atomic mass is 16.2. The molecule has 0 heterocycles. The van der Waals surface area contributed by atoms with Crippen molar-refractivity contribution in [2.45, 2.75) is 51.9 Å². The first-order valence-electron chi connectivity index (χ1n) is 9.04. The molecule has 3 amide bonds. The molecule has 1 rings (SSSR count). The van der Waals surface area contributed by atoms with Gasteiger partial charge in [-0.15, -0.1) is 0 Å². The fraction of sp³-hybridized carbons (Fsp3) is 0.579. The Labute approximate surface area is 145 Å². The Morgan fingerprint density at radius 1 is 0.917 bits per heavy atom. The van der Waals surface area contributed by atoms with Gasteiger partial charge < -0.3 is 10.6 Å². The second-order valence-electron chi connectivity index (χ2n) is 5.98. The van der Waals surface area contributed by atoms with Crippen molar-refractivity contribution in [2.75, 3.05) is 19.6 Å². The SMILES string of the molecule is CCCCCCCCNC(=O)NC(=O)CNCCc1ccccc1. The van der Waals surface area contributed by atoms with Crippen LogP contribution in [0.2, 0.25) is 0 Å². The lowest BCUT2D eigenvalue weighted by molar-refractivity contribution is -0.119. The summed E-state index contributed by atoms with van der Waals surface area (Å²) in [5, 5.41) is 8.10. The molecule has 0 atom stereocenters. The first-order chi connectivity index (χ1) is 11.7. The molecule has 1 aromatic rings. The van der Waals surface area contributed by atoms with Crippen LogP contribution in [0, 0.1) is 0 Å². The van der Waals surface area contributed by atoms with Crippen LogP contribution >= 0.6 is 0 Å². The average molecular weight is 333 g/mol. The molecule has 0 aliphatic carbocycles. The monoisotopic (exact) mass is 333 g/mol. The number of hydrogen-bond acceptors (Lipinski definition) is 3. The van der Waals surface area contributed by atoms with E-state index in [-0.39, 0.29) is 12.5 Å². The highest BCUT2D eigenvalue weighted by Crippen LogP contribution is 2.03. The molecule has 0 saturated carbocycles. The second-order valence-corrected chi connectivity index (χ2v) is 5.98. The number of amides is 3. The van der Waals surface area contributed by atoms with Crippen LogP contribution < -0.4 is 16.0 Å². The van der Waals surface area contributed by atoms with E-state index in [1.165, 1.54) is 31.2 Å². The molecule has 0 saturated heterocycles. The third kappa shape index (κ3) is 10.8. The number of carbonyl (C=O) groups is 2. The van der Waals surface area contributed by atoms with E-state index in [9.17, 15) is 9.59 Å².